The van der Waals surface area contributed by atoms with Crippen molar-refractivity contribution in [1.82, 2.24) is 4.90 Å². The summed E-state index contributed by atoms with van der Waals surface area (Å²) in [6, 6.07) is 7.22. The van der Waals surface area contributed by atoms with Crippen LogP contribution < -0.4 is 4.74 Å². The molecule has 3 rings (SSSR count). The van der Waals surface area contributed by atoms with E-state index in [0.29, 0.717) is 24.4 Å². The molecule has 2 aliphatic carbocycles. The quantitative estimate of drug-likeness (QED) is 0.541. The molecule has 6 nitrogen and oxygen atoms in total. The van der Waals surface area contributed by atoms with Gasteiger partial charge in [-0.05, 0) is 37.8 Å². The van der Waals surface area contributed by atoms with Crippen molar-refractivity contribution >= 4 is 5.69 Å². The Morgan fingerprint density at radius 2 is 1.52 bits per heavy atom. The highest BCUT2D eigenvalue weighted by atomic mass is 16.6. The predicted octanol–water partition coefficient (Wildman–Crippen LogP) is 4.30. The molecule has 150 valence electrons. The first-order valence-electron chi connectivity index (χ1n) is 10.4. The van der Waals surface area contributed by atoms with Gasteiger partial charge < -0.3 is 9.84 Å². The molecule has 2 saturated carbocycles. The van der Waals surface area contributed by atoms with Crippen molar-refractivity contribution in [3.63, 3.8) is 0 Å². The van der Waals surface area contributed by atoms with Gasteiger partial charge >= 0.3 is 0 Å². The van der Waals surface area contributed by atoms with Crippen LogP contribution in [0.15, 0.2) is 24.3 Å². The molecule has 1 N–H and O–H groups in total. The van der Waals surface area contributed by atoms with Gasteiger partial charge in [0.25, 0.3) is 5.69 Å². The second-order valence-electron chi connectivity index (χ2n) is 8.00. The van der Waals surface area contributed by atoms with E-state index in [0.717, 1.165) is 0 Å². The molecule has 1 aromatic carbocycles. The molecule has 0 aromatic heterocycles. The minimum absolute atomic E-state index is 0.0451. The summed E-state index contributed by atoms with van der Waals surface area (Å²) in [5.41, 5.74) is 0.0451. The molecule has 0 bridgehead atoms. The first-order valence-corrected chi connectivity index (χ1v) is 10.4. The maximum atomic E-state index is 10.7. The number of rotatable bonds is 8. The van der Waals surface area contributed by atoms with Gasteiger partial charge in [-0.15, -0.1) is 0 Å². The van der Waals surface area contributed by atoms with E-state index in [1.165, 1.54) is 76.3 Å². The smallest absolute Gasteiger partial charge is 0.269 e. The zero-order valence-electron chi connectivity index (χ0n) is 16.1. The lowest BCUT2D eigenvalue weighted by Gasteiger charge is -2.42. The van der Waals surface area contributed by atoms with Gasteiger partial charge in [0.2, 0.25) is 0 Å². The first-order chi connectivity index (χ1) is 13.1. The zero-order chi connectivity index (χ0) is 19.1. The summed E-state index contributed by atoms with van der Waals surface area (Å²) < 4.78 is 5.68. The fourth-order valence-corrected chi connectivity index (χ4v) is 4.57. The van der Waals surface area contributed by atoms with Crippen molar-refractivity contribution in [3.8, 4) is 5.75 Å². The number of hydrogen-bond acceptors (Lipinski definition) is 5. The lowest BCUT2D eigenvalue weighted by molar-refractivity contribution is -0.384. The Balaban J connectivity index is 1.54. The summed E-state index contributed by atoms with van der Waals surface area (Å²) in [5.74, 6) is 0.557. The van der Waals surface area contributed by atoms with Crippen LogP contribution in [-0.2, 0) is 0 Å². The molecule has 0 saturated heterocycles. The van der Waals surface area contributed by atoms with Gasteiger partial charge in [-0.2, -0.15) is 0 Å². The highest BCUT2D eigenvalue weighted by Gasteiger charge is 2.30. The van der Waals surface area contributed by atoms with Crippen molar-refractivity contribution < 1.29 is 14.8 Å². The molecule has 0 aliphatic heterocycles. The number of nitro benzene ring substituents is 1. The fraction of sp³-hybridized carbons (Fsp3) is 0.714. The van der Waals surface area contributed by atoms with Crippen LogP contribution in [0.25, 0.3) is 0 Å². The van der Waals surface area contributed by atoms with E-state index in [1.54, 1.807) is 12.1 Å². The summed E-state index contributed by atoms with van der Waals surface area (Å²) in [6.07, 6.45) is 12.3. The van der Waals surface area contributed by atoms with Crippen molar-refractivity contribution in [2.24, 2.45) is 0 Å². The van der Waals surface area contributed by atoms with Crippen molar-refractivity contribution in [3.05, 3.63) is 34.4 Å². The third-order valence-electron chi connectivity index (χ3n) is 6.00. The number of non-ortho nitro benzene ring substituents is 1. The Labute approximate surface area is 161 Å². The second kappa shape index (κ2) is 10.0. The average Bonchev–Trinajstić information content (AvgIpc) is 2.72. The van der Waals surface area contributed by atoms with Crippen LogP contribution in [-0.4, -0.2) is 46.3 Å². The van der Waals surface area contributed by atoms with Gasteiger partial charge in [-0.25, -0.2) is 0 Å². The summed E-state index contributed by atoms with van der Waals surface area (Å²) in [7, 11) is 0. The Morgan fingerprint density at radius 3 is 2.00 bits per heavy atom. The SMILES string of the molecule is O=[N+]([O-])c1ccc(OC[C@H](O)CN(C2CCCCC2)C2CCCCC2)cc1. The Morgan fingerprint density at radius 1 is 1.00 bits per heavy atom. The largest absolute Gasteiger partial charge is 0.491 e. The monoisotopic (exact) mass is 376 g/mol. The summed E-state index contributed by atoms with van der Waals surface area (Å²) in [5, 5.41) is 21.3. The lowest BCUT2D eigenvalue weighted by Crippen LogP contribution is -2.49. The van der Waals surface area contributed by atoms with Gasteiger partial charge in [-0.3, -0.25) is 15.0 Å². The molecular formula is C21H32N2O4. The molecule has 0 spiro atoms. The maximum Gasteiger partial charge on any atom is 0.269 e. The third-order valence-corrected chi connectivity index (χ3v) is 6.00. The number of aliphatic hydroxyl groups excluding tert-OH is 1. The van der Waals surface area contributed by atoms with E-state index in [-0.39, 0.29) is 12.3 Å². The number of aliphatic hydroxyl groups is 1. The minimum atomic E-state index is -0.552. The van der Waals surface area contributed by atoms with Crippen molar-refractivity contribution in [2.75, 3.05) is 13.2 Å². The standard InChI is InChI=1S/C21H32N2O4/c24-20(16-27-21-13-11-19(12-14-21)23(25)26)15-22(17-7-3-1-4-8-17)18-9-5-2-6-10-18/h11-14,17-18,20,24H,1-10,15-16H2/t20-/m1/s1. The summed E-state index contributed by atoms with van der Waals surface area (Å²) in [6.45, 7) is 0.871. The predicted molar refractivity (Wildman–Crippen MR) is 105 cm³/mol. The van der Waals surface area contributed by atoms with Gasteiger partial charge in [0.15, 0.2) is 0 Å². The molecule has 6 heteroatoms. The number of hydrogen-bond donors (Lipinski definition) is 1. The van der Waals surface area contributed by atoms with Gasteiger partial charge in [0.1, 0.15) is 18.5 Å². The molecule has 27 heavy (non-hydrogen) atoms. The van der Waals surface area contributed by atoms with Gasteiger partial charge in [0, 0.05) is 30.8 Å². The first kappa shape index (κ1) is 20.1. The van der Waals surface area contributed by atoms with Crippen LogP contribution >= 0.6 is 0 Å². The van der Waals surface area contributed by atoms with E-state index in [9.17, 15) is 15.2 Å². The molecular weight excluding hydrogens is 344 g/mol. The molecule has 0 heterocycles. The molecule has 0 unspecified atom stereocenters. The van der Waals surface area contributed by atoms with Gasteiger partial charge in [-0.1, -0.05) is 38.5 Å². The van der Waals surface area contributed by atoms with Crippen LogP contribution in [0, 0.1) is 10.1 Å². The Kier molecular flexibility index (Phi) is 7.47. The Hall–Kier alpha value is -1.66. The topological polar surface area (TPSA) is 75.8 Å². The minimum Gasteiger partial charge on any atom is -0.491 e. The van der Waals surface area contributed by atoms with Crippen LogP contribution in [0.1, 0.15) is 64.2 Å². The van der Waals surface area contributed by atoms with E-state index >= 15 is 0 Å². The van der Waals surface area contributed by atoms with Gasteiger partial charge in [0.05, 0.1) is 4.92 Å². The number of nitrogens with zero attached hydrogens (tertiary/aromatic N) is 2. The second-order valence-corrected chi connectivity index (χ2v) is 8.00. The Bertz CT molecular complexity index is 562. The number of nitro groups is 1. The van der Waals surface area contributed by atoms with Crippen molar-refractivity contribution in [2.45, 2.75) is 82.4 Å². The number of benzene rings is 1. The highest BCUT2D eigenvalue weighted by Crippen LogP contribution is 2.30. The van der Waals surface area contributed by atoms with E-state index < -0.39 is 11.0 Å². The van der Waals surface area contributed by atoms with Crippen LogP contribution in [0.2, 0.25) is 0 Å². The zero-order valence-corrected chi connectivity index (χ0v) is 16.1. The molecule has 2 aliphatic rings. The molecule has 1 aromatic rings. The van der Waals surface area contributed by atoms with E-state index in [4.69, 9.17) is 4.74 Å². The van der Waals surface area contributed by atoms with Crippen LogP contribution in [0.5, 0.6) is 5.75 Å². The fourth-order valence-electron chi connectivity index (χ4n) is 4.57. The average molecular weight is 376 g/mol. The molecule has 0 amide bonds. The maximum absolute atomic E-state index is 10.7. The summed E-state index contributed by atoms with van der Waals surface area (Å²) >= 11 is 0. The normalized spacial score (nSPS) is 20.5. The van der Waals surface area contributed by atoms with Crippen molar-refractivity contribution in [1.29, 1.82) is 0 Å². The lowest BCUT2D eigenvalue weighted by atomic mass is 9.88. The van der Waals surface area contributed by atoms with Crippen LogP contribution in [0.4, 0.5) is 5.69 Å². The molecule has 1 atom stereocenters. The van der Waals surface area contributed by atoms with E-state index in [2.05, 4.69) is 4.90 Å². The number of ether oxygens (including phenoxy) is 1. The highest BCUT2D eigenvalue weighted by molar-refractivity contribution is 5.35. The molecule has 2 fully saturated rings. The summed E-state index contributed by atoms with van der Waals surface area (Å²) in [4.78, 5) is 12.9. The van der Waals surface area contributed by atoms with E-state index in [1.807, 2.05) is 0 Å². The van der Waals surface area contributed by atoms with Crippen LogP contribution in [0.3, 0.4) is 0 Å². The molecule has 0 radical (unpaired) electrons. The third kappa shape index (κ3) is 5.91.